The summed E-state index contributed by atoms with van der Waals surface area (Å²) in [6.07, 6.45) is 12.4. The topological polar surface area (TPSA) is 56.4 Å². The van der Waals surface area contributed by atoms with Gasteiger partial charge in [-0.2, -0.15) is 4.31 Å². The van der Waals surface area contributed by atoms with Crippen LogP contribution >= 0.6 is 0 Å². The molecule has 2 aliphatic carbocycles. The summed E-state index contributed by atoms with van der Waals surface area (Å²) in [5.74, 6) is 0. The zero-order valence-electron chi connectivity index (χ0n) is 17.3. The molecular weight excluding hydrogens is 382 g/mol. The number of H-pyrrole nitrogens is 1. The first kappa shape index (κ1) is 19.6. The lowest BCUT2D eigenvalue weighted by Crippen LogP contribution is -2.52. The van der Waals surface area contributed by atoms with Gasteiger partial charge in [0.15, 0.2) is 0 Å². The number of aromatic nitrogens is 1. The lowest BCUT2D eigenvalue weighted by atomic mass is 9.94. The summed E-state index contributed by atoms with van der Waals surface area (Å²) in [6, 6.07) is 6.36. The molecule has 29 heavy (non-hydrogen) atoms. The van der Waals surface area contributed by atoms with Crippen molar-refractivity contribution in [2.45, 2.75) is 75.1 Å². The van der Waals surface area contributed by atoms with Crippen molar-refractivity contribution in [3.63, 3.8) is 0 Å². The fourth-order valence-electron chi connectivity index (χ4n) is 5.63. The molecule has 6 heteroatoms. The van der Waals surface area contributed by atoms with E-state index in [0.29, 0.717) is 24.0 Å². The molecular formula is C23H33N3O2S. The van der Waals surface area contributed by atoms with Gasteiger partial charge in [-0.1, -0.05) is 25.7 Å². The third kappa shape index (κ3) is 3.75. The number of hydrogen-bond donors (Lipinski definition) is 1. The van der Waals surface area contributed by atoms with Crippen molar-refractivity contribution in [1.29, 1.82) is 0 Å². The highest BCUT2D eigenvalue weighted by Gasteiger charge is 2.32. The molecule has 0 spiro atoms. The molecule has 2 aromatic rings. The molecule has 0 amide bonds. The van der Waals surface area contributed by atoms with Gasteiger partial charge in [-0.15, -0.1) is 0 Å². The smallest absolute Gasteiger partial charge is 0.243 e. The molecule has 0 atom stereocenters. The first-order chi connectivity index (χ1) is 14.1. The second-order valence-corrected chi connectivity index (χ2v) is 11.0. The van der Waals surface area contributed by atoms with Crippen LogP contribution in [0.15, 0.2) is 23.1 Å². The minimum atomic E-state index is -3.43. The van der Waals surface area contributed by atoms with Gasteiger partial charge in [-0.25, -0.2) is 8.42 Å². The van der Waals surface area contributed by atoms with Gasteiger partial charge in [-0.05, 0) is 62.3 Å². The van der Waals surface area contributed by atoms with E-state index >= 15 is 0 Å². The highest BCUT2D eigenvalue weighted by Crippen LogP contribution is 2.31. The Morgan fingerprint density at radius 1 is 0.862 bits per heavy atom. The van der Waals surface area contributed by atoms with E-state index in [0.717, 1.165) is 36.8 Å². The summed E-state index contributed by atoms with van der Waals surface area (Å²) in [5.41, 5.74) is 3.74. The van der Waals surface area contributed by atoms with Crippen LogP contribution in [0.5, 0.6) is 0 Å². The maximum atomic E-state index is 13.4. The minimum absolute atomic E-state index is 0.460. The molecule has 2 fully saturated rings. The molecule has 0 bridgehead atoms. The first-order valence-corrected chi connectivity index (χ1v) is 12.9. The van der Waals surface area contributed by atoms with E-state index in [1.165, 1.54) is 62.6 Å². The largest absolute Gasteiger partial charge is 0.358 e. The zero-order chi connectivity index (χ0) is 19.8. The van der Waals surface area contributed by atoms with Gasteiger partial charge in [0, 0.05) is 48.8 Å². The number of piperazine rings is 1. The van der Waals surface area contributed by atoms with E-state index < -0.39 is 10.0 Å². The molecule has 3 aliphatic rings. The molecule has 1 saturated heterocycles. The van der Waals surface area contributed by atoms with Crippen molar-refractivity contribution in [1.82, 2.24) is 14.2 Å². The van der Waals surface area contributed by atoms with Crippen LogP contribution in [-0.2, 0) is 22.9 Å². The third-order valence-electron chi connectivity index (χ3n) is 7.32. The number of rotatable bonds is 3. The molecule has 2 heterocycles. The Hall–Kier alpha value is -1.37. The summed E-state index contributed by atoms with van der Waals surface area (Å²) in [5, 5.41) is 1.11. The molecule has 1 aromatic heterocycles. The molecule has 0 unspecified atom stereocenters. The first-order valence-electron chi connectivity index (χ1n) is 11.5. The lowest BCUT2D eigenvalue weighted by molar-refractivity contribution is 0.111. The summed E-state index contributed by atoms with van der Waals surface area (Å²) in [6.45, 7) is 2.96. The number of hydrogen-bond acceptors (Lipinski definition) is 3. The van der Waals surface area contributed by atoms with Crippen LogP contribution in [-0.4, -0.2) is 54.8 Å². The van der Waals surface area contributed by atoms with Crippen molar-refractivity contribution in [2.75, 3.05) is 26.2 Å². The molecule has 5 nitrogen and oxygen atoms in total. The highest BCUT2D eigenvalue weighted by molar-refractivity contribution is 7.89. The van der Waals surface area contributed by atoms with E-state index in [1.54, 1.807) is 10.4 Å². The Morgan fingerprint density at radius 3 is 2.38 bits per heavy atom. The Kier molecular flexibility index (Phi) is 5.43. The van der Waals surface area contributed by atoms with E-state index in [-0.39, 0.29) is 0 Å². The van der Waals surface area contributed by atoms with Crippen LogP contribution in [0.3, 0.4) is 0 Å². The number of nitrogens with one attached hydrogen (secondary N) is 1. The predicted molar refractivity (Wildman–Crippen MR) is 117 cm³/mol. The Morgan fingerprint density at radius 2 is 1.59 bits per heavy atom. The SMILES string of the molecule is O=S(=O)(c1ccc2[nH]c3c(c2c1)CCCCC3)N1CCN(C2CCCCC2)CC1. The molecule has 1 N–H and O–H groups in total. The predicted octanol–water partition coefficient (Wildman–Crippen LogP) is 4.08. The van der Waals surface area contributed by atoms with Crippen molar-refractivity contribution in [3.05, 3.63) is 29.5 Å². The highest BCUT2D eigenvalue weighted by atomic mass is 32.2. The Balaban J connectivity index is 1.36. The summed E-state index contributed by atoms with van der Waals surface area (Å²) in [4.78, 5) is 6.53. The number of benzene rings is 1. The summed E-state index contributed by atoms with van der Waals surface area (Å²) < 4.78 is 28.4. The number of nitrogens with zero attached hydrogens (tertiary/aromatic N) is 2. The second-order valence-electron chi connectivity index (χ2n) is 9.08. The van der Waals surface area contributed by atoms with Gasteiger partial charge in [0.1, 0.15) is 0 Å². The standard InChI is InChI=1S/C23H33N3O2S/c27-29(28,26-15-13-25(14-16-26)18-7-3-1-4-8-18)19-11-12-23-21(17-19)20-9-5-2-6-10-22(20)24-23/h11-12,17-18,24H,1-10,13-16H2. The van der Waals surface area contributed by atoms with Gasteiger partial charge in [0.05, 0.1) is 4.90 Å². The number of fused-ring (bicyclic) bond motifs is 3. The Labute approximate surface area is 174 Å². The van der Waals surface area contributed by atoms with E-state index in [2.05, 4.69) is 9.88 Å². The van der Waals surface area contributed by atoms with Crippen molar-refractivity contribution in [3.8, 4) is 0 Å². The summed E-state index contributed by atoms with van der Waals surface area (Å²) >= 11 is 0. The quantitative estimate of drug-likeness (QED) is 0.769. The average molecular weight is 416 g/mol. The monoisotopic (exact) mass is 415 g/mol. The van der Waals surface area contributed by atoms with Crippen LogP contribution in [0.1, 0.15) is 62.6 Å². The molecule has 1 aromatic carbocycles. The van der Waals surface area contributed by atoms with Gasteiger partial charge >= 0.3 is 0 Å². The van der Waals surface area contributed by atoms with E-state index in [4.69, 9.17) is 0 Å². The van der Waals surface area contributed by atoms with Crippen LogP contribution < -0.4 is 0 Å². The van der Waals surface area contributed by atoms with E-state index in [1.807, 2.05) is 12.1 Å². The van der Waals surface area contributed by atoms with E-state index in [9.17, 15) is 8.42 Å². The molecule has 1 saturated carbocycles. The van der Waals surface area contributed by atoms with Gasteiger partial charge in [0.25, 0.3) is 0 Å². The average Bonchev–Trinajstić information content (AvgIpc) is 2.94. The lowest BCUT2D eigenvalue weighted by Gasteiger charge is -2.40. The molecule has 1 aliphatic heterocycles. The minimum Gasteiger partial charge on any atom is -0.358 e. The number of aryl methyl sites for hydroxylation is 2. The zero-order valence-corrected chi connectivity index (χ0v) is 18.1. The van der Waals surface area contributed by atoms with Gasteiger partial charge < -0.3 is 4.98 Å². The third-order valence-corrected chi connectivity index (χ3v) is 9.22. The maximum Gasteiger partial charge on any atom is 0.243 e. The van der Waals surface area contributed by atoms with Crippen molar-refractivity contribution < 1.29 is 8.42 Å². The van der Waals surface area contributed by atoms with Gasteiger partial charge in [-0.3, -0.25) is 4.90 Å². The Bertz CT molecular complexity index is 967. The normalized spacial score (nSPS) is 23.2. The van der Waals surface area contributed by atoms with Crippen LogP contribution in [0, 0.1) is 0 Å². The van der Waals surface area contributed by atoms with Crippen LogP contribution in [0.25, 0.3) is 10.9 Å². The number of sulfonamides is 1. The number of aromatic amines is 1. The fraction of sp³-hybridized carbons (Fsp3) is 0.652. The second kappa shape index (κ2) is 8.05. The van der Waals surface area contributed by atoms with Crippen molar-refractivity contribution in [2.24, 2.45) is 0 Å². The molecule has 158 valence electrons. The molecule has 0 radical (unpaired) electrons. The molecule has 5 rings (SSSR count). The maximum absolute atomic E-state index is 13.4. The van der Waals surface area contributed by atoms with Gasteiger partial charge in [0.2, 0.25) is 10.0 Å². The van der Waals surface area contributed by atoms with Crippen LogP contribution in [0.2, 0.25) is 0 Å². The van der Waals surface area contributed by atoms with Crippen LogP contribution in [0.4, 0.5) is 0 Å². The summed E-state index contributed by atoms with van der Waals surface area (Å²) in [7, 11) is -3.43. The fourth-order valence-corrected chi connectivity index (χ4v) is 7.08. The van der Waals surface area contributed by atoms with Crippen molar-refractivity contribution >= 4 is 20.9 Å².